The van der Waals surface area contributed by atoms with Crippen LogP contribution in [0.1, 0.15) is 22.8 Å². The Morgan fingerprint density at radius 1 is 1.24 bits per heavy atom. The molecule has 2 rings (SSSR count). The minimum Gasteiger partial charge on any atom is -0.384 e. The lowest BCUT2D eigenvalue weighted by molar-refractivity contribution is 0.220. The Kier molecular flexibility index (Phi) is 4.16. The molecule has 0 saturated carbocycles. The summed E-state index contributed by atoms with van der Waals surface area (Å²) < 4.78 is 1.96. The predicted octanol–water partition coefficient (Wildman–Crippen LogP) is 5.21. The van der Waals surface area contributed by atoms with Gasteiger partial charge in [-0.1, -0.05) is 51.3 Å². The van der Waals surface area contributed by atoms with Crippen molar-refractivity contribution >= 4 is 50.5 Å². The number of aryl methyl sites for hydroxylation is 1. The van der Waals surface area contributed by atoms with E-state index in [1.165, 1.54) is 11.3 Å². The third-order valence-electron chi connectivity index (χ3n) is 2.43. The minimum atomic E-state index is -0.763. The monoisotopic (exact) mass is 350 g/mol. The molecule has 1 nitrogen and oxygen atoms in total. The van der Waals surface area contributed by atoms with Gasteiger partial charge in [-0.25, -0.2) is 0 Å². The SMILES string of the molecule is Cc1ccc(C(O)c2cc(Cl)sc2Cl)c(Br)c1. The molecule has 0 bridgehead atoms. The molecule has 1 heterocycles. The van der Waals surface area contributed by atoms with Crippen LogP contribution in [0.15, 0.2) is 28.7 Å². The first-order chi connectivity index (χ1) is 7.99. The Labute approximate surface area is 122 Å². The largest absolute Gasteiger partial charge is 0.384 e. The summed E-state index contributed by atoms with van der Waals surface area (Å²) in [5.74, 6) is 0. The van der Waals surface area contributed by atoms with Crippen LogP contribution in [0.3, 0.4) is 0 Å². The van der Waals surface area contributed by atoms with Crippen LogP contribution in [0.5, 0.6) is 0 Å². The van der Waals surface area contributed by atoms with Crippen molar-refractivity contribution in [2.45, 2.75) is 13.0 Å². The first-order valence-corrected chi connectivity index (χ1v) is 7.24. The molecule has 0 amide bonds. The van der Waals surface area contributed by atoms with Crippen molar-refractivity contribution < 1.29 is 5.11 Å². The van der Waals surface area contributed by atoms with E-state index in [2.05, 4.69) is 15.9 Å². The second-order valence-corrected chi connectivity index (χ2v) is 6.85. The first-order valence-electron chi connectivity index (χ1n) is 4.88. The molecule has 1 N–H and O–H groups in total. The maximum Gasteiger partial charge on any atom is 0.107 e. The number of benzene rings is 1. The number of hydrogen-bond acceptors (Lipinski definition) is 2. The Morgan fingerprint density at radius 2 is 1.94 bits per heavy atom. The van der Waals surface area contributed by atoms with Gasteiger partial charge in [0.1, 0.15) is 10.4 Å². The van der Waals surface area contributed by atoms with E-state index in [1.807, 2.05) is 25.1 Å². The van der Waals surface area contributed by atoms with Crippen LogP contribution >= 0.6 is 50.5 Å². The van der Waals surface area contributed by atoms with Gasteiger partial charge in [-0.05, 0) is 30.2 Å². The fraction of sp³-hybridized carbons (Fsp3) is 0.167. The molecule has 1 unspecified atom stereocenters. The van der Waals surface area contributed by atoms with Gasteiger partial charge in [0, 0.05) is 10.0 Å². The van der Waals surface area contributed by atoms with Gasteiger partial charge in [0.15, 0.2) is 0 Å². The molecule has 0 radical (unpaired) electrons. The third kappa shape index (κ3) is 2.85. The highest BCUT2D eigenvalue weighted by atomic mass is 79.9. The average Bonchev–Trinajstić information content (AvgIpc) is 2.57. The number of aliphatic hydroxyl groups excluding tert-OH is 1. The summed E-state index contributed by atoms with van der Waals surface area (Å²) in [4.78, 5) is 0. The molecule has 0 fully saturated rings. The molecule has 1 aromatic heterocycles. The molecule has 0 saturated heterocycles. The lowest BCUT2D eigenvalue weighted by Crippen LogP contribution is -2.00. The maximum atomic E-state index is 10.3. The number of rotatable bonds is 2. The van der Waals surface area contributed by atoms with Crippen LogP contribution in [0.2, 0.25) is 8.67 Å². The zero-order chi connectivity index (χ0) is 12.6. The van der Waals surface area contributed by atoms with E-state index in [-0.39, 0.29) is 0 Å². The first kappa shape index (κ1) is 13.4. The molecule has 0 aliphatic heterocycles. The quantitative estimate of drug-likeness (QED) is 0.787. The standard InChI is InChI=1S/C12H9BrCl2OS/c1-6-2-3-7(9(13)4-6)11(16)8-5-10(14)17-12(8)15/h2-5,11,16H,1H3. The van der Waals surface area contributed by atoms with E-state index in [9.17, 15) is 5.11 Å². The lowest BCUT2D eigenvalue weighted by Gasteiger charge is -2.12. The summed E-state index contributed by atoms with van der Waals surface area (Å²) in [6, 6.07) is 7.49. The van der Waals surface area contributed by atoms with Crippen molar-refractivity contribution in [3.8, 4) is 0 Å². The van der Waals surface area contributed by atoms with Crippen LogP contribution < -0.4 is 0 Å². The van der Waals surface area contributed by atoms with E-state index >= 15 is 0 Å². The van der Waals surface area contributed by atoms with Gasteiger partial charge in [0.2, 0.25) is 0 Å². The summed E-state index contributed by atoms with van der Waals surface area (Å²) >= 11 is 16.6. The fourth-order valence-corrected chi connectivity index (χ4v) is 3.79. The van der Waals surface area contributed by atoms with Gasteiger partial charge in [-0.3, -0.25) is 0 Å². The van der Waals surface area contributed by atoms with Crippen LogP contribution in [0, 0.1) is 6.92 Å². The minimum absolute atomic E-state index is 0.523. The number of aliphatic hydroxyl groups is 1. The topological polar surface area (TPSA) is 20.2 Å². The molecule has 5 heteroatoms. The van der Waals surface area contributed by atoms with Crippen molar-refractivity contribution in [2.75, 3.05) is 0 Å². The molecule has 1 aromatic carbocycles. The predicted molar refractivity (Wildman–Crippen MR) is 77.3 cm³/mol. The van der Waals surface area contributed by atoms with Crippen molar-refractivity contribution in [3.63, 3.8) is 0 Å². The number of hydrogen-bond donors (Lipinski definition) is 1. The molecule has 2 aromatic rings. The van der Waals surface area contributed by atoms with E-state index < -0.39 is 6.10 Å². The number of halogens is 3. The summed E-state index contributed by atoms with van der Waals surface area (Å²) in [5.41, 5.74) is 2.56. The van der Waals surface area contributed by atoms with Gasteiger partial charge in [-0.15, -0.1) is 11.3 Å². The molecule has 0 aliphatic carbocycles. The van der Waals surface area contributed by atoms with Crippen LogP contribution in [-0.4, -0.2) is 5.11 Å². The Morgan fingerprint density at radius 3 is 2.47 bits per heavy atom. The van der Waals surface area contributed by atoms with Gasteiger partial charge >= 0.3 is 0 Å². The molecular weight excluding hydrogens is 343 g/mol. The zero-order valence-electron chi connectivity index (χ0n) is 8.88. The maximum absolute atomic E-state index is 10.3. The van der Waals surface area contributed by atoms with Crippen LogP contribution in [0.4, 0.5) is 0 Å². The number of thiophene rings is 1. The highest BCUT2D eigenvalue weighted by molar-refractivity contribution is 9.10. The third-order valence-corrected chi connectivity index (χ3v) is 4.63. The van der Waals surface area contributed by atoms with Crippen molar-refractivity contribution in [2.24, 2.45) is 0 Å². The van der Waals surface area contributed by atoms with E-state index in [1.54, 1.807) is 6.07 Å². The highest BCUT2D eigenvalue weighted by Gasteiger charge is 2.19. The molecule has 17 heavy (non-hydrogen) atoms. The van der Waals surface area contributed by atoms with Gasteiger partial charge < -0.3 is 5.11 Å². The van der Waals surface area contributed by atoms with Crippen molar-refractivity contribution in [3.05, 3.63) is 54.1 Å². The van der Waals surface area contributed by atoms with Gasteiger partial charge in [0.05, 0.1) is 4.34 Å². The summed E-state index contributed by atoms with van der Waals surface area (Å²) in [5, 5.41) is 10.3. The lowest BCUT2D eigenvalue weighted by atomic mass is 10.0. The Balaban J connectivity index is 2.43. The summed E-state index contributed by atoms with van der Waals surface area (Å²) in [6.07, 6.45) is -0.763. The van der Waals surface area contributed by atoms with Crippen LogP contribution in [0.25, 0.3) is 0 Å². The van der Waals surface area contributed by atoms with E-state index in [0.717, 1.165) is 15.6 Å². The Hall–Kier alpha value is -0.0600. The normalized spacial score (nSPS) is 12.8. The van der Waals surface area contributed by atoms with E-state index in [4.69, 9.17) is 23.2 Å². The smallest absolute Gasteiger partial charge is 0.107 e. The summed E-state index contributed by atoms with van der Waals surface area (Å²) in [6.45, 7) is 2.00. The fourth-order valence-electron chi connectivity index (χ4n) is 1.56. The molecular formula is C12H9BrCl2OS. The summed E-state index contributed by atoms with van der Waals surface area (Å²) in [7, 11) is 0. The van der Waals surface area contributed by atoms with Crippen molar-refractivity contribution in [1.29, 1.82) is 0 Å². The van der Waals surface area contributed by atoms with Crippen LogP contribution in [-0.2, 0) is 0 Å². The molecule has 0 aliphatic rings. The molecule has 0 spiro atoms. The Bertz CT molecular complexity index is 553. The highest BCUT2D eigenvalue weighted by Crippen LogP contribution is 2.39. The second kappa shape index (κ2) is 5.29. The van der Waals surface area contributed by atoms with Gasteiger partial charge in [-0.2, -0.15) is 0 Å². The van der Waals surface area contributed by atoms with E-state index in [0.29, 0.717) is 14.2 Å². The molecule has 90 valence electrons. The second-order valence-electron chi connectivity index (χ2n) is 3.71. The molecule has 1 atom stereocenters. The average molecular weight is 352 g/mol. The van der Waals surface area contributed by atoms with Gasteiger partial charge in [0.25, 0.3) is 0 Å². The van der Waals surface area contributed by atoms with Crippen molar-refractivity contribution in [1.82, 2.24) is 0 Å². The zero-order valence-corrected chi connectivity index (χ0v) is 12.8.